The van der Waals surface area contributed by atoms with Gasteiger partial charge in [0.25, 0.3) is 0 Å². The number of halogens is 1. The number of methoxy groups -OCH3 is 1. The Balaban J connectivity index is 2.73. The molecule has 2 aromatic rings. The SMILES string of the molecule is COC(=O)c1cc(=O)c2cc(F)ccc2o1. The van der Waals surface area contributed by atoms with Crippen LogP contribution in [0.1, 0.15) is 10.6 Å². The Morgan fingerprint density at radius 2 is 2.12 bits per heavy atom. The zero-order valence-corrected chi connectivity index (χ0v) is 8.32. The fraction of sp³-hybridized carbons (Fsp3) is 0.0909. The standard InChI is InChI=1S/C11H7FO4/c1-15-11(14)10-5-8(13)7-4-6(12)2-3-9(7)16-10/h2-5H,1H3. The van der Waals surface area contributed by atoms with Gasteiger partial charge in [-0.1, -0.05) is 0 Å². The molecule has 0 spiro atoms. The molecule has 0 bridgehead atoms. The number of fused-ring (bicyclic) bond motifs is 1. The van der Waals surface area contributed by atoms with Crippen LogP contribution >= 0.6 is 0 Å². The maximum atomic E-state index is 12.9. The van der Waals surface area contributed by atoms with E-state index in [2.05, 4.69) is 4.74 Å². The van der Waals surface area contributed by atoms with Gasteiger partial charge >= 0.3 is 5.97 Å². The van der Waals surface area contributed by atoms with E-state index in [4.69, 9.17) is 4.42 Å². The molecule has 0 fully saturated rings. The lowest BCUT2D eigenvalue weighted by Gasteiger charge is -2.00. The highest BCUT2D eigenvalue weighted by Gasteiger charge is 2.12. The monoisotopic (exact) mass is 222 g/mol. The van der Waals surface area contributed by atoms with E-state index >= 15 is 0 Å². The van der Waals surface area contributed by atoms with Crippen LogP contribution in [-0.4, -0.2) is 13.1 Å². The van der Waals surface area contributed by atoms with Crippen LogP contribution in [0.15, 0.2) is 33.5 Å². The van der Waals surface area contributed by atoms with Gasteiger partial charge in [-0.05, 0) is 18.2 Å². The molecule has 0 atom stereocenters. The van der Waals surface area contributed by atoms with Crippen molar-refractivity contribution < 1.29 is 18.3 Å². The second kappa shape index (κ2) is 3.77. The number of carbonyl (C=O) groups is 1. The van der Waals surface area contributed by atoms with Crippen LogP contribution in [0.4, 0.5) is 4.39 Å². The van der Waals surface area contributed by atoms with E-state index in [1.165, 1.54) is 13.2 Å². The Bertz CT molecular complexity index is 615. The van der Waals surface area contributed by atoms with E-state index in [0.717, 1.165) is 18.2 Å². The molecule has 2 rings (SSSR count). The largest absolute Gasteiger partial charge is 0.463 e. The van der Waals surface area contributed by atoms with Crippen LogP contribution in [0, 0.1) is 5.82 Å². The highest BCUT2D eigenvalue weighted by molar-refractivity contribution is 5.88. The summed E-state index contributed by atoms with van der Waals surface area (Å²) in [4.78, 5) is 22.7. The maximum Gasteiger partial charge on any atom is 0.374 e. The minimum Gasteiger partial charge on any atom is -0.463 e. The van der Waals surface area contributed by atoms with Gasteiger partial charge in [0.15, 0.2) is 5.43 Å². The van der Waals surface area contributed by atoms with Gasteiger partial charge in [0.05, 0.1) is 12.5 Å². The van der Waals surface area contributed by atoms with Gasteiger partial charge in [-0.15, -0.1) is 0 Å². The molecule has 0 aliphatic rings. The smallest absolute Gasteiger partial charge is 0.374 e. The molecule has 0 amide bonds. The number of hydrogen-bond acceptors (Lipinski definition) is 4. The van der Waals surface area contributed by atoms with Gasteiger partial charge < -0.3 is 9.15 Å². The molecule has 0 saturated carbocycles. The highest BCUT2D eigenvalue weighted by atomic mass is 19.1. The number of benzene rings is 1. The third kappa shape index (κ3) is 1.67. The molecule has 4 nitrogen and oxygen atoms in total. The fourth-order valence-corrected chi connectivity index (χ4v) is 1.33. The first-order valence-electron chi connectivity index (χ1n) is 4.43. The Hall–Kier alpha value is -2.17. The van der Waals surface area contributed by atoms with Crippen LogP contribution in [-0.2, 0) is 4.74 Å². The third-order valence-corrected chi connectivity index (χ3v) is 2.08. The van der Waals surface area contributed by atoms with Gasteiger partial charge in [-0.3, -0.25) is 4.79 Å². The number of rotatable bonds is 1. The zero-order chi connectivity index (χ0) is 11.7. The van der Waals surface area contributed by atoms with Crippen molar-refractivity contribution in [2.45, 2.75) is 0 Å². The number of esters is 1. The van der Waals surface area contributed by atoms with Crippen LogP contribution in [0.5, 0.6) is 0 Å². The lowest BCUT2D eigenvalue weighted by Crippen LogP contribution is -2.08. The molecule has 1 aromatic heterocycles. The molecule has 0 aliphatic heterocycles. The molecular formula is C11H7FO4. The Kier molecular flexibility index (Phi) is 2.44. The summed E-state index contributed by atoms with van der Waals surface area (Å²) >= 11 is 0. The maximum absolute atomic E-state index is 12.9. The normalized spacial score (nSPS) is 10.4. The summed E-state index contributed by atoms with van der Waals surface area (Å²) in [5, 5.41) is 0.0904. The predicted molar refractivity (Wildman–Crippen MR) is 53.8 cm³/mol. The first-order chi connectivity index (χ1) is 7.61. The van der Waals surface area contributed by atoms with E-state index in [1.807, 2.05) is 0 Å². The van der Waals surface area contributed by atoms with Crippen molar-refractivity contribution in [3.8, 4) is 0 Å². The molecular weight excluding hydrogens is 215 g/mol. The molecule has 16 heavy (non-hydrogen) atoms. The average Bonchev–Trinajstić information content (AvgIpc) is 2.28. The Labute approximate surface area is 89.2 Å². The first kappa shape index (κ1) is 10.4. The number of carbonyl (C=O) groups excluding carboxylic acids is 1. The fourth-order valence-electron chi connectivity index (χ4n) is 1.33. The first-order valence-corrected chi connectivity index (χ1v) is 4.43. The molecule has 1 aromatic carbocycles. The summed E-state index contributed by atoms with van der Waals surface area (Å²) in [5.74, 6) is -1.49. The average molecular weight is 222 g/mol. The van der Waals surface area contributed by atoms with Crippen LogP contribution in [0.3, 0.4) is 0 Å². The van der Waals surface area contributed by atoms with E-state index in [9.17, 15) is 14.0 Å². The quantitative estimate of drug-likeness (QED) is 0.689. The minimum absolute atomic E-state index is 0.0904. The lowest BCUT2D eigenvalue weighted by atomic mass is 10.2. The second-order valence-electron chi connectivity index (χ2n) is 3.11. The summed E-state index contributed by atoms with van der Waals surface area (Å²) in [6.45, 7) is 0. The van der Waals surface area contributed by atoms with Crippen molar-refractivity contribution in [1.82, 2.24) is 0 Å². The molecule has 0 aliphatic carbocycles. The van der Waals surface area contributed by atoms with E-state index in [-0.39, 0.29) is 16.7 Å². The highest BCUT2D eigenvalue weighted by Crippen LogP contribution is 2.14. The van der Waals surface area contributed by atoms with Crippen molar-refractivity contribution >= 4 is 16.9 Å². The van der Waals surface area contributed by atoms with Crippen molar-refractivity contribution in [1.29, 1.82) is 0 Å². The van der Waals surface area contributed by atoms with Crippen LogP contribution in [0.2, 0.25) is 0 Å². The molecule has 5 heteroatoms. The van der Waals surface area contributed by atoms with Gasteiger partial charge in [-0.25, -0.2) is 9.18 Å². The van der Waals surface area contributed by atoms with Crippen molar-refractivity contribution in [3.63, 3.8) is 0 Å². The van der Waals surface area contributed by atoms with E-state index < -0.39 is 17.2 Å². The Morgan fingerprint density at radius 3 is 2.81 bits per heavy atom. The molecule has 0 N–H and O–H groups in total. The van der Waals surface area contributed by atoms with Gasteiger partial charge in [-0.2, -0.15) is 0 Å². The molecule has 0 unspecified atom stereocenters. The van der Waals surface area contributed by atoms with Gasteiger partial charge in [0.1, 0.15) is 11.4 Å². The predicted octanol–water partition coefficient (Wildman–Crippen LogP) is 1.72. The molecule has 82 valence electrons. The van der Waals surface area contributed by atoms with E-state index in [1.54, 1.807) is 0 Å². The lowest BCUT2D eigenvalue weighted by molar-refractivity contribution is 0.0565. The number of ether oxygens (including phenoxy) is 1. The summed E-state index contributed by atoms with van der Waals surface area (Å²) in [7, 11) is 1.18. The van der Waals surface area contributed by atoms with E-state index in [0.29, 0.717) is 0 Å². The van der Waals surface area contributed by atoms with Gasteiger partial charge in [0, 0.05) is 6.07 Å². The molecule has 1 heterocycles. The summed E-state index contributed by atoms with van der Waals surface area (Å²) in [6.07, 6.45) is 0. The second-order valence-corrected chi connectivity index (χ2v) is 3.11. The zero-order valence-electron chi connectivity index (χ0n) is 8.32. The van der Waals surface area contributed by atoms with Crippen LogP contribution < -0.4 is 5.43 Å². The Morgan fingerprint density at radius 1 is 1.38 bits per heavy atom. The van der Waals surface area contributed by atoms with Crippen molar-refractivity contribution in [2.24, 2.45) is 0 Å². The topological polar surface area (TPSA) is 56.5 Å². The van der Waals surface area contributed by atoms with Crippen LogP contribution in [0.25, 0.3) is 11.0 Å². The van der Waals surface area contributed by atoms with Crippen molar-refractivity contribution in [3.05, 3.63) is 46.1 Å². The van der Waals surface area contributed by atoms with Crippen molar-refractivity contribution in [2.75, 3.05) is 7.11 Å². The summed E-state index contributed by atoms with van der Waals surface area (Å²) in [5.41, 5.74) is -0.338. The third-order valence-electron chi connectivity index (χ3n) is 2.08. The molecule has 0 saturated heterocycles. The summed E-state index contributed by atoms with van der Waals surface area (Å²) in [6, 6.07) is 4.47. The summed E-state index contributed by atoms with van der Waals surface area (Å²) < 4.78 is 22.4. The minimum atomic E-state index is -0.747. The van der Waals surface area contributed by atoms with Gasteiger partial charge in [0.2, 0.25) is 5.76 Å². The number of hydrogen-bond donors (Lipinski definition) is 0. The molecule has 0 radical (unpaired) electrons.